The average molecular weight is 314 g/mol. The van der Waals surface area contributed by atoms with E-state index in [1.54, 1.807) is 13.2 Å². The topological polar surface area (TPSA) is 47.6 Å². The Bertz CT molecular complexity index is 436. The van der Waals surface area contributed by atoms with Gasteiger partial charge in [0.2, 0.25) is 0 Å². The number of rotatable bonds is 5. The fourth-order valence-corrected chi connectivity index (χ4v) is 2.27. The van der Waals surface area contributed by atoms with Crippen molar-refractivity contribution < 1.29 is 14.3 Å². The summed E-state index contributed by atoms with van der Waals surface area (Å²) in [6, 6.07) is 5.52. The van der Waals surface area contributed by atoms with Crippen molar-refractivity contribution in [3.8, 4) is 5.75 Å². The van der Waals surface area contributed by atoms with Gasteiger partial charge in [0.15, 0.2) is 0 Å². The number of halogens is 1. The highest BCUT2D eigenvalue weighted by molar-refractivity contribution is 9.09. The lowest BCUT2D eigenvalue weighted by atomic mass is 10.1. The van der Waals surface area contributed by atoms with E-state index >= 15 is 0 Å². The van der Waals surface area contributed by atoms with Crippen LogP contribution >= 0.6 is 15.9 Å². The number of fused-ring (bicyclic) bond motifs is 1. The molecule has 0 bridgehead atoms. The van der Waals surface area contributed by atoms with Gasteiger partial charge in [0.1, 0.15) is 5.75 Å². The standard InChI is InChI=1S/C13H16BrNO3/c1-17-8-11(7-14)15-13(16)10-2-3-12-9(6-10)4-5-18-12/h2-3,6,11H,4-5,7-8H2,1H3,(H,15,16). The predicted octanol–water partition coefficient (Wildman–Crippen LogP) is 1.76. The zero-order valence-electron chi connectivity index (χ0n) is 10.2. The van der Waals surface area contributed by atoms with Gasteiger partial charge in [-0.15, -0.1) is 0 Å². The molecule has 0 radical (unpaired) electrons. The summed E-state index contributed by atoms with van der Waals surface area (Å²) in [5, 5.41) is 3.59. The van der Waals surface area contributed by atoms with Gasteiger partial charge in [-0.25, -0.2) is 0 Å². The second-order valence-electron chi connectivity index (χ2n) is 4.20. The van der Waals surface area contributed by atoms with Gasteiger partial charge in [-0.05, 0) is 23.8 Å². The molecule has 98 valence electrons. The number of hydrogen-bond acceptors (Lipinski definition) is 3. The number of methoxy groups -OCH3 is 1. The number of ether oxygens (including phenoxy) is 2. The molecule has 1 heterocycles. The molecule has 0 saturated heterocycles. The highest BCUT2D eigenvalue weighted by Crippen LogP contribution is 2.25. The summed E-state index contributed by atoms with van der Waals surface area (Å²) in [6.07, 6.45) is 0.871. The van der Waals surface area contributed by atoms with Crippen LogP contribution < -0.4 is 10.1 Å². The van der Waals surface area contributed by atoms with Crippen LogP contribution in [0.4, 0.5) is 0 Å². The lowest BCUT2D eigenvalue weighted by Gasteiger charge is -2.15. The normalized spacial score (nSPS) is 14.8. The first-order valence-corrected chi connectivity index (χ1v) is 6.98. The molecular weight excluding hydrogens is 298 g/mol. The molecule has 2 rings (SSSR count). The Kier molecular flexibility index (Phi) is 4.60. The van der Waals surface area contributed by atoms with Crippen molar-refractivity contribution >= 4 is 21.8 Å². The van der Waals surface area contributed by atoms with Crippen LogP contribution in [0.15, 0.2) is 18.2 Å². The molecule has 18 heavy (non-hydrogen) atoms. The summed E-state index contributed by atoms with van der Waals surface area (Å²) in [7, 11) is 1.62. The van der Waals surface area contributed by atoms with E-state index in [1.165, 1.54) is 0 Å². The lowest BCUT2D eigenvalue weighted by Crippen LogP contribution is -2.39. The number of hydrogen-bond donors (Lipinski definition) is 1. The maximum atomic E-state index is 12.1. The summed E-state index contributed by atoms with van der Waals surface area (Å²) < 4.78 is 10.5. The highest BCUT2D eigenvalue weighted by Gasteiger charge is 2.17. The third-order valence-electron chi connectivity index (χ3n) is 2.84. The molecule has 0 fully saturated rings. The summed E-state index contributed by atoms with van der Waals surface area (Å²) in [6.45, 7) is 1.19. The van der Waals surface area contributed by atoms with Crippen molar-refractivity contribution in [1.29, 1.82) is 0 Å². The third kappa shape index (κ3) is 3.03. The zero-order chi connectivity index (χ0) is 13.0. The van der Waals surface area contributed by atoms with Crippen molar-refractivity contribution in [3.05, 3.63) is 29.3 Å². The summed E-state index contributed by atoms with van der Waals surface area (Å²) in [5.74, 6) is 0.812. The van der Waals surface area contributed by atoms with E-state index in [0.717, 1.165) is 17.7 Å². The predicted molar refractivity (Wildman–Crippen MR) is 72.6 cm³/mol. The number of amides is 1. The van der Waals surface area contributed by atoms with Gasteiger partial charge >= 0.3 is 0 Å². The van der Waals surface area contributed by atoms with E-state index in [1.807, 2.05) is 12.1 Å². The zero-order valence-corrected chi connectivity index (χ0v) is 11.8. The average Bonchev–Trinajstić information content (AvgIpc) is 2.85. The van der Waals surface area contributed by atoms with Crippen LogP contribution in [0.3, 0.4) is 0 Å². The quantitative estimate of drug-likeness (QED) is 0.843. The van der Waals surface area contributed by atoms with Crippen LogP contribution in [0.1, 0.15) is 15.9 Å². The number of benzene rings is 1. The van der Waals surface area contributed by atoms with Crippen LogP contribution in [-0.2, 0) is 11.2 Å². The molecule has 1 aromatic rings. The molecule has 1 amide bonds. The van der Waals surface area contributed by atoms with E-state index in [9.17, 15) is 4.79 Å². The maximum absolute atomic E-state index is 12.1. The lowest BCUT2D eigenvalue weighted by molar-refractivity contribution is 0.0908. The Hall–Kier alpha value is -1.07. The molecule has 5 heteroatoms. The molecule has 0 aromatic heterocycles. The Morgan fingerprint density at radius 1 is 1.61 bits per heavy atom. The fourth-order valence-electron chi connectivity index (χ4n) is 1.92. The Labute approximate surface area is 115 Å². The van der Waals surface area contributed by atoms with Crippen molar-refractivity contribution in [3.63, 3.8) is 0 Å². The van der Waals surface area contributed by atoms with Gasteiger partial charge in [-0.1, -0.05) is 15.9 Å². The van der Waals surface area contributed by atoms with E-state index in [0.29, 0.717) is 24.1 Å². The van der Waals surface area contributed by atoms with Crippen LogP contribution in [0, 0.1) is 0 Å². The van der Waals surface area contributed by atoms with E-state index in [2.05, 4.69) is 21.2 Å². The van der Waals surface area contributed by atoms with E-state index < -0.39 is 0 Å². The monoisotopic (exact) mass is 313 g/mol. The minimum absolute atomic E-state index is 0.0213. The molecule has 1 unspecified atom stereocenters. The molecule has 1 aliphatic heterocycles. The van der Waals surface area contributed by atoms with Crippen molar-refractivity contribution in [2.75, 3.05) is 25.7 Å². The van der Waals surface area contributed by atoms with Gasteiger partial charge in [0, 0.05) is 24.4 Å². The number of carbonyl (C=O) groups excluding carboxylic acids is 1. The Morgan fingerprint density at radius 3 is 3.17 bits per heavy atom. The van der Waals surface area contributed by atoms with Gasteiger partial charge < -0.3 is 14.8 Å². The molecular formula is C13H16BrNO3. The summed E-state index contributed by atoms with van der Waals surface area (Å²) in [4.78, 5) is 12.1. The maximum Gasteiger partial charge on any atom is 0.251 e. The second-order valence-corrected chi connectivity index (χ2v) is 4.85. The SMILES string of the molecule is COCC(CBr)NC(=O)c1ccc2c(c1)CCO2. The minimum Gasteiger partial charge on any atom is -0.493 e. The highest BCUT2D eigenvalue weighted by atomic mass is 79.9. The van der Waals surface area contributed by atoms with Crippen LogP contribution in [0.2, 0.25) is 0 Å². The largest absolute Gasteiger partial charge is 0.493 e. The minimum atomic E-state index is -0.0776. The number of nitrogens with one attached hydrogen (secondary N) is 1. The molecule has 0 spiro atoms. The van der Waals surface area contributed by atoms with Gasteiger partial charge in [0.05, 0.1) is 19.3 Å². The van der Waals surface area contributed by atoms with Gasteiger partial charge in [-0.3, -0.25) is 4.79 Å². The Balaban J connectivity index is 2.04. The number of alkyl halides is 1. The molecule has 1 aliphatic rings. The fraction of sp³-hybridized carbons (Fsp3) is 0.462. The smallest absolute Gasteiger partial charge is 0.251 e. The molecule has 1 atom stereocenters. The molecule has 4 nitrogen and oxygen atoms in total. The van der Waals surface area contributed by atoms with Crippen LogP contribution in [0.5, 0.6) is 5.75 Å². The second kappa shape index (κ2) is 6.20. The Morgan fingerprint density at radius 2 is 2.44 bits per heavy atom. The van der Waals surface area contributed by atoms with Crippen molar-refractivity contribution in [1.82, 2.24) is 5.32 Å². The van der Waals surface area contributed by atoms with Crippen LogP contribution in [0.25, 0.3) is 0 Å². The first-order chi connectivity index (χ1) is 8.74. The van der Waals surface area contributed by atoms with Crippen molar-refractivity contribution in [2.45, 2.75) is 12.5 Å². The van der Waals surface area contributed by atoms with Crippen molar-refractivity contribution in [2.24, 2.45) is 0 Å². The third-order valence-corrected chi connectivity index (χ3v) is 3.62. The molecule has 0 saturated carbocycles. The van der Waals surface area contributed by atoms with E-state index in [4.69, 9.17) is 9.47 Å². The summed E-state index contributed by atoms with van der Waals surface area (Å²) >= 11 is 3.35. The number of carbonyl (C=O) groups is 1. The molecule has 1 N–H and O–H groups in total. The van der Waals surface area contributed by atoms with E-state index in [-0.39, 0.29) is 11.9 Å². The first kappa shape index (κ1) is 13.4. The van der Waals surface area contributed by atoms with Gasteiger partial charge in [0.25, 0.3) is 5.91 Å². The van der Waals surface area contributed by atoms with Crippen LogP contribution in [-0.4, -0.2) is 37.6 Å². The van der Waals surface area contributed by atoms with Gasteiger partial charge in [-0.2, -0.15) is 0 Å². The summed E-state index contributed by atoms with van der Waals surface area (Å²) in [5.41, 5.74) is 1.77. The first-order valence-electron chi connectivity index (χ1n) is 5.86. The molecule has 1 aromatic carbocycles. The molecule has 0 aliphatic carbocycles.